The Morgan fingerprint density at radius 1 is 1.44 bits per heavy atom. The molecule has 3 N–H and O–H groups in total. The number of hydrogen-bond donors (Lipinski definition) is 2. The molecule has 0 amide bonds. The molecule has 1 aromatic carbocycles. The first-order chi connectivity index (χ1) is 7.52. The van der Waals surface area contributed by atoms with Gasteiger partial charge in [-0.25, -0.2) is 5.90 Å². The van der Waals surface area contributed by atoms with Crippen molar-refractivity contribution in [3.8, 4) is 0 Å². The molecule has 0 aliphatic carbocycles. The smallest absolute Gasteiger partial charge is 0.384 e. The molecule has 1 heterocycles. The predicted octanol–water partition coefficient (Wildman–Crippen LogP) is 2.10. The third-order valence-electron chi connectivity index (χ3n) is 2.66. The van der Waals surface area contributed by atoms with Crippen LogP contribution in [-0.4, -0.2) is 13.2 Å². The van der Waals surface area contributed by atoms with E-state index in [4.69, 9.17) is 5.90 Å². The second-order valence-electron chi connectivity index (χ2n) is 3.71. The quantitative estimate of drug-likeness (QED) is 0.768. The van der Waals surface area contributed by atoms with Gasteiger partial charge in [0.15, 0.2) is 0 Å². The number of nitrogens with two attached hydrogens (primary N) is 1. The fourth-order valence-electron chi connectivity index (χ4n) is 1.85. The number of nitrogens with one attached hydrogen (secondary N) is 1. The predicted molar refractivity (Wildman–Crippen MR) is 52.8 cm³/mol. The first-order valence-electron chi connectivity index (χ1n) is 4.79. The van der Waals surface area contributed by atoms with Gasteiger partial charge in [0.05, 0.1) is 12.2 Å². The number of hydrogen-bond acceptors (Lipinski definition) is 3. The Bertz CT molecular complexity index is 390. The van der Waals surface area contributed by atoms with Gasteiger partial charge in [-0.1, -0.05) is 0 Å². The van der Waals surface area contributed by atoms with Crippen molar-refractivity contribution in [3.05, 3.63) is 29.3 Å². The van der Waals surface area contributed by atoms with Gasteiger partial charge in [-0.15, -0.1) is 0 Å². The Kier molecular flexibility index (Phi) is 2.77. The van der Waals surface area contributed by atoms with E-state index < -0.39 is 11.7 Å². The summed E-state index contributed by atoms with van der Waals surface area (Å²) in [6.45, 7) is 0.759. The highest BCUT2D eigenvalue weighted by Gasteiger charge is 2.33. The van der Waals surface area contributed by atoms with Crippen molar-refractivity contribution in [2.24, 2.45) is 5.90 Å². The van der Waals surface area contributed by atoms with Crippen LogP contribution in [0, 0.1) is 0 Å². The highest BCUT2D eigenvalue weighted by Crippen LogP contribution is 2.37. The molecular weight excluding hydrogens is 221 g/mol. The summed E-state index contributed by atoms with van der Waals surface area (Å²) in [6.07, 6.45) is -4.31. The number of benzene rings is 1. The van der Waals surface area contributed by atoms with Crippen LogP contribution in [0.3, 0.4) is 0 Å². The fourth-order valence-corrected chi connectivity index (χ4v) is 1.85. The molecule has 16 heavy (non-hydrogen) atoms. The number of anilines is 1. The summed E-state index contributed by atoms with van der Waals surface area (Å²) < 4.78 is 37.5. The zero-order valence-corrected chi connectivity index (χ0v) is 8.34. The van der Waals surface area contributed by atoms with E-state index in [2.05, 4.69) is 10.2 Å². The zero-order valence-electron chi connectivity index (χ0n) is 8.34. The first kappa shape index (κ1) is 11.2. The molecule has 0 saturated carbocycles. The standard InChI is InChI=1S/C10H11F3N2O/c11-10(12,13)7-1-2-9-8(3-7)6(4-15-9)5-16-14/h1-3,6,15H,4-5,14H2. The van der Waals surface area contributed by atoms with Gasteiger partial charge in [0.2, 0.25) is 0 Å². The van der Waals surface area contributed by atoms with E-state index >= 15 is 0 Å². The average molecular weight is 232 g/mol. The normalized spacial score (nSPS) is 19.4. The van der Waals surface area contributed by atoms with E-state index in [-0.39, 0.29) is 12.5 Å². The van der Waals surface area contributed by atoms with Crippen molar-refractivity contribution in [2.45, 2.75) is 12.1 Å². The molecular formula is C10H11F3N2O. The molecule has 1 aliphatic rings. The number of alkyl halides is 3. The average Bonchev–Trinajstić information content (AvgIpc) is 2.60. The van der Waals surface area contributed by atoms with Gasteiger partial charge >= 0.3 is 6.18 Å². The van der Waals surface area contributed by atoms with E-state index in [1.165, 1.54) is 6.07 Å². The Morgan fingerprint density at radius 3 is 2.81 bits per heavy atom. The van der Waals surface area contributed by atoms with Crippen LogP contribution in [0.4, 0.5) is 18.9 Å². The van der Waals surface area contributed by atoms with Crippen LogP contribution in [0.2, 0.25) is 0 Å². The van der Waals surface area contributed by atoms with Crippen LogP contribution >= 0.6 is 0 Å². The first-order valence-corrected chi connectivity index (χ1v) is 4.79. The van der Waals surface area contributed by atoms with Crippen molar-refractivity contribution in [1.82, 2.24) is 0 Å². The zero-order chi connectivity index (χ0) is 11.8. The van der Waals surface area contributed by atoms with Crippen LogP contribution in [-0.2, 0) is 11.0 Å². The minimum atomic E-state index is -4.31. The molecule has 88 valence electrons. The summed E-state index contributed by atoms with van der Waals surface area (Å²) in [6, 6.07) is 3.66. The van der Waals surface area contributed by atoms with E-state index in [0.29, 0.717) is 12.1 Å². The summed E-state index contributed by atoms with van der Waals surface area (Å²) in [5.41, 5.74) is 0.687. The maximum atomic E-state index is 12.5. The highest BCUT2D eigenvalue weighted by molar-refractivity contribution is 5.59. The maximum Gasteiger partial charge on any atom is 0.416 e. The molecule has 2 rings (SSSR count). The van der Waals surface area contributed by atoms with Gasteiger partial charge < -0.3 is 10.2 Å². The number of rotatable bonds is 2. The minimum Gasteiger partial charge on any atom is -0.384 e. The van der Waals surface area contributed by atoms with Crippen LogP contribution in [0.15, 0.2) is 18.2 Å². The highest BCUT2D eigenvalue weighted by atomic mass is 19.4. The molecule has 0 aromatic heterocycles. The van der Waals surface area contributed by atoms with E-state index in [0.717, 1.165) is 17.8 Å². The van der Waals surface area contributed by atoms with Crippen LogP contribution in [0.5, 0.6) is 0 Å². The minimum absolute atomic E-state index is 0.123. The molecule has 3 nitrogen and oxygen atoms in total. The summed E-state index contributed by atoms with van der Waals surface area (Å²) in [4.78, 5) is 4.49. The van der Waals surface area contributed by atoms with Crippen molar-refractivity contribution < 1.29 is 18.0 Å². The molecule has 1 atom stereocenters. The Balaban J connectivity index is 2.34. The molecule has 0 fully saturated rings. The second-order valence-corrected chi connectivity index (χ2v) is 3.71. The lowest BCUT2D eigenvalue weighted by molar-refractivity contribution is -0.137. The maximum absolute atomic E-state index is 12.5. The van der Waals surface area contributed by atoms with Crippen molar-refractivity contribution in [3.63, 3.8) is 0 Å². The largest absolute Gasteiger partial charge is 0.416 e. The SMILES string of the molecule is NOCC1CNc2ccc(C(F)(F)F)cc21. The Morgan fingerprint density at radius 2 is 2.19 bits per heavy atom. The third kappa shape index (κ3) is 1.98. The lowest BCUT2D eigenvalue weighted by Gasteiger charge is -2.11. The molecule has 0 radical (unpaired) electrons. The van der Waals surface area contributed by atoms with Gasteiger partial charge in [-0.05, 0) is 23.8 Å². The molecule has 1 aliphatic heterocycles. The number of fused-ring (bicyclic) bond motifs is 1. The van der Waals surface area contributed by atoms with Crippen LogP contribution in [0.25, 0.3) is 0 Å². The van der Waals surface area contributed by atoms with E-state index in [1.807, 2.05) is 0 Å². The fraction of sp³-hybridized carbons (Fsp3) is 0.400. The summed E-state index contributed by atoms with van der Waals surface area (Å²) in [5.74, 6) is 4.82. The number of halogens is 3. The van der Waals surface area contributed by atoms with Gasteiger partial charge in [0.25, 0.3) is 0 Å². The molecule has 0 bridgehead atoms. The Labute approximate surface area is 90.3 Å². The Hall–Kier alpha value is -1.27. The van der Waals surface area contributed by atoms with E-state index in [1.54, 1.807) is 0 Å². The van der Waals surface area contributed by atoms with Crippen molar-refractivity contribution >= 4 is 5.69 Å². The lowest BCUT2D eigenvalue weighted by Crippen LogP contribution is -2.13. The van der Waals surface area contributed by atoms with Gasteiger partial charge in [0.1, 0.15) is 0 Å². The third-order valence-corrected chi connectivity index (χ3v) is 2.66. The van der Waals surface area contributed by atoms with Crippen molar-refractivity contribution in [1.29, 1.82) is 0 Å². The monoisotopic (exact) mass is 232 g/mol. The molecule has 1 unspecified atom stereocenters. The topological polar surface area (TPSA) is 47.3 Å². The lowest BCUT2D eigenvalue weighted by atomic mass is 10.00. The summed E-state index contributed by atoms with van der Waals surface area (Å²) >= 11 is 0. The van der Waals surface area contributed by atoms with Gasteiger partial charge in [0, 0.05) is 18.2 Å². The van der Waals surface area contributed by atoms with Crippen LogP contribution in [0.1, 0.15) is 17.0 Å². The second kappa shape index (κ2) is 3.95. The van der Waals surface area contributed by atoms with Gasteiger partial charge in [-0.3, -0.25) is 0 Å². The summed E-state index contributed by atoms with van der Waals surface area (Å²) in [7, 11) is 0. The van der Waals surface area contributed by atoms with Crippen molar-refractivity contribution in [2.75, 3.05) is 18.5 Å². The van der Waals surface area contributed by atoms with Crippen LogP contribution < -0.4 is 11.2 Å². The summed E-state index contributed by atoms with van der Waals surface area (Å²) in [5, 5.41) is 3.01. The molecule has 1 aromatic rings. The molecule has 0 saturated heterocycles. The molecule has 6 heteroatoms. The molecule has 0 spiro atoms. The van der Waals surface area contributed by atoms with Gasteiger partial charge in [-0.2, -0.15) is 13.2 Å². The van der Waals surface area contributed by atoms with E-state index in [9.17, 15) is 13.2 Å².